The Morgan fingerprint density at radius 3 is 2.46 bits per heavy atom. The van der Waals surface area contributed by atoms with E-state index in [1.807, 2.05) is 30.3 Å². The van der Waals surface area contributed by atoms with Crippen molar-refractivity contribution in [2.45, 2.75) is 52.0 Å². The van der Waals surface area contributed by atoms with Gasteiger partial charge in [-0.15, -0.1) is 0 Å². The molecule has 4 nitrogen and oxygen atoms in total. The fourth-order valence-corrected chi connectivity index (χ4v) is 5.61. The molecule has 0 aliphatic carbocycles. The first-order chi connectivity index (χ1) is 19.0. The second-order valence-corrected chi connectivity index (χ2v) is 11.4. The Bertz CT molecular complexity index is 1240. The Balaban J connectivity index is 0.000000229. The molecule has 0 amide bonds. The zero-order valence-electron chi connectivity index (χ0n) is 24.0. The van der Waals surface area contributed by atoms with Crippen LogP contribution in [-0.4, -0.2) is 66.0 Å². The molecule has 2 aliphatic rings. The number of hydrogen-bond acceptors (Lipinski definition) is 4. The maximum Gasteiger partial charge on any atom is 0.0730 e. The van der Waals surface area contributed by atoms with Gasteiger partial charge in [0.2, 0.25) is 0 Å². The fourth-order valence-electron chi connectivity index (χ4n) is 5.34. The van der Waals surface area contributed by atoms with E-state index >= 15 is 0 Å². The van der Waals surface area contributed by atoms with Gasteiger partial charge in [0.1, 0.15) is 0 Å². The van der Waals surface area contributed by atoms with E-state index in [0.717, 1.165) is 39.3 Å². The van der Waals surface area contributed by atoms with Crippen molar-refractivity contribution >= 4 is 28.6 Å². The van der Waals surface area contributed by atoms with Gasteiger partial charge in [0.25, 0.3) is 0 Å². The van der Waals surface area contributed by atoms with Crippen LogP contribution in [0.5, 0.6) is 0 Å². The number of benzene rings is 2. The van der Waals surface area contributed by atoms with Gasteiger partial charge in [0.15, 0.2) is 0 Å². The Morgan fingerprint density at radius 2 is 1.74 bits per heavy atom. The van der Waals surface area contributed by atoms with E-state index in [4.69, 9.17) is 16.6 Å². The number of likely N-dealkylation sites (tertiary alicyclic amines) is 1. The third-order valence-electron chi connectivity index (χ3n) is 7.87. The second-order valence-electron chi connectivity index (χ2n) is 11.0. The molecule has 0 bridgehead atoms. The predicted molar refractivity (Wildman–Crippen MR) is 169 cm³/mol. The molecule has 2 aromatic carbocycles. The normalized spacial score (nSPS) is 16.5. The van der Waals surface area contributed by atoms with Crippen molar-refractivity contribution in [3.05, 3.63) is 83.5 Å². The monoisotopic (exact) mass is 544 g/mol. The number of aromatic nitrogens is 1. The number of piperidine rings is 1. The highest BCUT2D eigenvalue weighted by atomic mass is 35.5. The van der Waals surface area contributed by atoms with Gasteiger partial charge >= 0.3 is 0 Å². The van der Waals surface area contributed by atoms with E-state index in [1.54, 1.807) is 0 Å². The molecule has 3 aromatic rings. The Morgan fingerprint density at radius 1 is 0.974 bits per heavy atom. The molecule has 1 aromatic heterocycles. The number of fused-ring (bicyclic) bond motifs is 1. The van der Waals surface area contributed by atoms with Gasteiger partial charge in [0.05, 0.1) is 16.2 Å². The standard InChI is InChI=1S/C23H23ClN2.C11H22N2/c1-2-17-9-10-20-21(24)15-22(25-23(20)14-17)19-8-6-7-18(13-19)16-26-11-4-3-5-12-26;1-4-5-6-11(2)13-9-7-12(3)8-10-13/h2,6-10,13-15H,1,3-5,11-12,16H2;2,4-10H2,1,3H3. The summed E-state index contributed by atoms with van der Waals surface area (Å²) < 4.78 is 0. The Labute approximate surface area is 241 Å². The summed E-state index contributed by atoms with van der Waals surface area (Å²) in [6, 6.07) is 16.7. The lowest BCUT2D eigenvalue weighted by atomic mass is 10.0. The molecule has 0 saturated carbocycles. The highest BCUT2D eigenvalue weighted by Gasteiger charge is 2.14. The maximum absolute atomic E-state index is 6.53. The molecule has 2 fully saturated rings. The molecule has 0 spiro atoms. The molecule has 2 aliphatic heterocycles. The summed E-state index contributed by atoms with van der Waals surface area (Å²) in [5.41, 5.74) is 6.68. The van der Waals surface area contributed by atoms with E-state index in [-0.39, 0.29) is 0 Å². The number of allylic oxidation sites excluding steroid dienone is 1. The van der Waals surface area contributed by atoms with E-state index in [0.29, 0.717) is 0 Å². The van der Waals surface area contributed by atoms with Crippen molar-refractivity contribution < 1.29 is 0 Å². The topological polar surface area (TPSA) is 22.6 Å². The van der Waals surface area contributed by atoms with Crippen LogP contribution in [0.15, 0.2) is 67.4 Å². The van der Waals surface area contributed by atoms with Crippen LogP contribution >= 0.6 is 11.6 Å². The highest BCUT2D eigenvalue weighted by Crippen LogP contribution is 2.29. The third-order valence-corrected chi connectivity index (χ3v) is 8.18. The number of rotatable bonds is 8. The highest BCUT2D eigenvalue weighted by molar-refractivity contribution is 6.35. The molecule has 5 rings (SSSR count). The minimum atomic E-state index is 0.738. The Kier molecular flexibility index (Phi) is 11.0. The molecule has 0 N–H and O–H groups in total. The zero-order chi connectivity index (χ0) is 27.6. The first-order valence-electron chi connectivity index (χ1n) is 14.6. The first-order valence-corrected chi connectivity index (χ1v) is 15.0. The van der Waals surface area contributed by atoms with Crippen molar-refractivity contribution in [1.82, 2.24) is 19.7 Å². The quantitative estimate of drug-likeness (QED) is 0.285. The average Bonchev–Trinajstić information content (AvgIpc) is 2.97. The predicted octanol–water partition coefficient (Wildman–Crippen LogP) is 8.12. The molecule has 0 unspecified atom stereocenters. The lowest BCUT2D eigenvalue weighted by Gasteiger charge is -2.35. The van der Waals surface area contributed by atoms with E-state index < -0.39 is 0 Å². The van der Waals surface area contributed by atoms with Crippen molar-refractivity contribution in [3.8, 4) is 11.3 Å². The number of unbranched alkanes of at least 4 members (excludes halogenated alkanes) is 1. The van der Waals surface area contributed by atoms with Crippen molar-refractivity contribution in [3.63, 3.8) is 0 Å². The van der Waals surface area contributed by atoms with Crippen molar-refractivity contribution in [2.75, 3.05) is 46.3 Å². The number of hydrogen-bond donors (Lipinski definition) is 0. The number of piperazine rings is 1. The van der Waals surface area contributed by atoms with Crippen molar-refractivity contribution in [2.24, 2.45) is 0 Å². The molecular formula is C34H45ClN4. The second kappa shape index (κ2) is 14.6. The van der Waals surface area contributed by atoms with Crippen LogP contribution < -0.4 is 0 Å². The van der Waals surface area contributed by atoms with E-state index in [9.17, 15) is 0 Å². The van der Waals surface area contributed by atoms with Crippen LogP contribution in [0.2, 0.25) is 5.02 Å². The molecule has 2 saturated heterocycles. The zero-order valence-corrected chi connectivity index (χ0v) is 24.7. The minimum Gasteiger partial charge on any atom is -0.373 e. The first kappa shape index (κ1) is 29.3. The summed E-state index contributed by atoms with van der Waals surface area (Å²) in [6.07, 6.45) is 9.56. The van der Waals surface area contributed by atoms with E-state index in [1.165, 1.54) is 89.1 Å². The van der Waals surface area contributed by atoms with Crippen LogP contribution in [0, 0.1) is 0 Å². The largest absolute Gasteiger partial charge is 0.373 e. The van der Waals surface area contributed by atoms with Crippen LogP contribution in [0.1, 0.15) is 56.6 Å². The van der Waals surface area contributed by atoms with Gasteiger partial charge in [0, 0.05) is 49.4 Å². The molecule has 0 atom stereocenters. The third kappa shape index (κ3) is 8.41. The van der Waals surface area contributed by atoms with Gasteiger partial charge < -0.3 is 9.80 Å². The smallest absolute Gasteiger partial charge is 0.0730 e. The van der Waals surface area contributed by atoms with Gasteiger partial charge in [-0.3, -0.25) is 4.90 Å². The van der Waals surface area contributed by atoms with Crippen LogP contribution in [0.4, 0.5) is 0 Å². The molecule has 0 radical (unpaired) electrons. The SMILES string of the molecule is C=C(CCCC)N1CCN(C)CC1.C=Cc1ccc2c(Cl)cc(-c3cccc(CN4CCCCC4)c3)nc2c1. The van der Waals surface area contributed by atoms with Gasteiger partial charge in [-0.2, -0.15) is 0 Å². The van der Waals surface area contributed by atoms with Crippen LogP contribution in [0.25, 0.3) is 28.2 Å². The molecule has 208 valence electrons. The van der Waals surface area contributed by atoms with E-state index in [2.05, 4.69) is 66.1 Å². The minimum absolute atomic E-state index is 0.738. The van der Waals surface area contributed by atoms with Gasteiger partial charge in [-0.1, -0.05) is 80.9 Å². The number of likely N-dealkylation sites (N-methyl/N-ethyl adjacent to an activating group) is 1. The van der Waals surface area contributed by atoms with Crippen molar-refractivity contribution in [1.29, 1.82) is 0 Å². The maximum atomic E-state index is 6.53. The molecule has 5 heteroatoms. The van der Waals surface area contributed by atoms with Crippen LogP contribution in [0.3, 0.4) is 0 Å². The lowest BCUT2D eigenvalue weighted by molar-refractivity contribution is 0.182. The summed E-state index contributed by atoms with van der Waals surface area (Å²) in [5, 5.41) is 1.72. The summed E-state index contributed by atoms with van der Waals surface area (Å²) in [5.74, 6) is 0. The van der Waals surface area contributed by atoms with Gasteiger partial charge in [-0.25, -0.2) is 4.98 Å². The Hall–Kier alpha value is -2.66. The summed E-state index contributed by atoms with van der Waals surface area (Å²) in [7, 11) is 2.19. The number of halogens is 1. The fraction of sp³-hybridized carbons (Fsp3) is 0.441. The summed E-state index contributed by atoms with van der Waals surface area (Å²) in [4.78, 5) is 12.2. The molecule has 3 heterocycles. The van der Waals surface area contributed by atoms with Crippen LogP contribution in [-0.2, 0) is 6.54 Å². The average molecular weight is 545 g/mol. The molecule has 39 heavy (non-hydrogen) atoms. The number of pyridine rings is 1. The lowest BCUT2D eigenvalue weighted by Crippen LogP contribution is -2.43. The summed E-state index contributed by atoms with van der Waals surface area (Å²) in [6.45, 7) is 18.3. The summed E-state index contributed by atoms with van der Waals surface area (Å²) >= 11 is 6.53. The number of nitrogens with zero attached hydrogens (tertiary/aromatic N) is 4. The molecular weight excluding hydrogens is 500 g/mol. The van der Waals surface area contributed by atoms with Gasteiger partial charge in [-0.05, 0) is 75.1 Å².